The van der Waals surface area contributed by atoms with Gasteiger partial charge < -0.3 is 5.32 Å². The first-order chi connectivity index (χ1) is 16.9. The molecule has 0 aliphatic rings. The number of nitrogens with zero attached hydrogens (tertiary/aromatic N) is 2. The molecule has 0 fully saturated rings. The van der Waals surface area contributed by atoms with Crippen LogP contribution in [0.3, 0.4) is 0 Å². The Hall–Kier alpha value is -2.92. The van der Waals surface area contributed by atoms with E-state index < -0.39 is 34.4 Å². The van der Waals surface area contributed by atoms with Gasteiger partial charge in [-0.05, 0) is 42.8 Å². The lowest BCUT2D eigenvalue weighted by Crippen LogP contribution is -2.27. The molecule has 11 heteroatoms. The number of halogens is 6. The van der Waals surface area contributed by atoms with Crippen LogP contribution in [0.1, 0.15) is 45.9 Å². The van der Waals surface area contributed by atoms with E-state index in [9.17, 15) is 31.1 Å². The van der Waals surface area contributed by atoms with Crippen LogP contribution < -0.4 is 5.32 Å². The summed E-state index contributed by atoms with van der Waals surface area (Å²) >= 11 is 0.633. The first-order valence-electron chi connectivity index (χ1n) is 11.3. The molecule has 1 heterocycles. The summed E-state index contributed by atoms with van der Waals surface area (Å²) in [7, 11) is 0. The number of alkyl halides is 6. The molecule has 0 aliphatic heterocycles. The van der Waals surface area contributed by atoms with E-state index in [1.807, 2.05) is 19.9 Å². The Morgan fingerprint density at radius 2 is 1.61 bits per heavy atom. The first kappa shape index (κ1) is 27.7. The van der Waals surface area contributed by atoms with Crippen LogP contribution in [0.4, 0.5) is 26.3 Å². The van der Waals surface area contributed by atoms with E-state index in [4.69, 9.17) is 0 Å². The highest BCUT2D eigenvalue weighted by molar-refractivity contribution is 7.17. The summed E-state index contributed by atoms with van der Waals surface area (Å²) in [6, 6.07) is 11.6. The molecule has 2 aromatic carbocycles. The van der Waals surface area contributed by atoms with Crippen molar-refractivity contribution >= 4 is 17.2 Å². The molecule has 0 unspecified atom stereocenters. The third kappa shape index (κ3) is 7.07. The zero-order valence-corrected chi connectivity index (χ0v) is 20.4. The smallest absolute Gasteiger partial charge is 0.351 e. The number of hydrogen-bond donors (Lipinski definition) is 1. The van der Waals surface area contributed by atoms with Gasteiger partial charge >= 0.3 is 12.4 Å². The zero-order chi connectivity index (χ0) is 26.5. The molecule has 0 saturated carbocycles. The van der Waals surface area contributed by atoms with Crippen LogP contribution in [-0.2, 0) is 25.3 Å². The maximum Gasteiger partial charge on any atom is 0.435 e. The molecular weight excluding hydrogens is 504 g/mol. The van der Waals surface area contributed by atoms with Crippen molar-refractivity contribution in [1.82, 2.24) is 15.2 Å². The molecule has 194 valence electrons. The maximum atomic E-state index is 13.7. The third-order valence-electron chi connectivity index (χ3n) is 5.53. The summed E-state index contributed by atoms with van der Waals surface area (Å²) in [6.45, 7) is 6.16. The second kappa shape index (κ2) is 11.4. The number of rotatable bonds is 9. The van der Waals surface area contributed by atoms with Crippen LogP contribution in [0, 0.1) is 0 Å². The fourth-order valence-corrected chi connectivity index (χ4v) is 4.60. The molecule has 1 amide bonds. The van der Waals surface area contributed by atoms with Crippen LogP contribution in [0.5, 0.6) is 0 Å². The van der Waals surface area contributed by atoms with E-state index in [0.29, 0.717) is 29.0 Å². The molecule has 0 saturated heterocycles. The van der Waals surface area contributed by atoms with Gasteiger partial charge in [0.2, 0.25) is 0 Å². The summed E-state index contributed by atoms with van der Waals surface area (Å²) in [5.41, 5.74) is -0.435. The monoisotopic (exact) mass is 529 g/mol. The van der Waals surface area contributed by atoms with Crippen molar-refractivity contribution in [1.29, 1.82) is 0 Å². The SMILES string of the molecule is CCN(CC)Cc1cccc(-c2nc(C(F)(F)F)c(C(=O)NCCc3cccc(C(F)(F)F)c3)s2)c1. The van der Waals surface area contributed by atoms with Crippen LogP contribution in [0.25, 0.3) is 10.6 Å². The number of carbonyl (C=O) groups is 1. The highest BCUT2D eigenvalue weighted by atomic mass is 32.1. The number of nitrogens with one attached hydrogen (secondary N) is 1. The van der Waals surface area contributed by atoms with Crippen molar-refractivity contribution in [3.8, 4) is 10.6 Å². The Labute approximate surface area is 209 Å². The number of benzene rings is 2. The van der Waals surface area contributed by atoms with E-state index in [1.54, 1.807) is 18.2 Å². The van der Waals surface area contributed by atoms with E-state index in [0.717, 1.165) is 30.8 Å². The molecule has 4 nitrogen and oxygen atoms in total. The summed E-state index contributed by atoms with van der Waals surface area (Å²) < 4.78 is 79.7. The molecule has 36 heavy (non-hydrogen) atoms. The third-order valence-corrected chi connectivity index (χ3v) is 6.63. The fraction of sp³-hybridized carbons (Fsp3) is 0.360. The number of hydrogen-bond acceptors (Lipinski definition) is 4. The van der Waals surface area contributed by atoms with Gasteiger partial charge in [-0.3, -0.25) is 9.69 Å². The zero-order valence-electron chi connectivity index (χ0n) is 19.6. The summed E-state index contributed by atoms with van der Waals surface area (Å²) in [5.74, 6) is -0.975. The Morgan fingerprint density at radius 1 is 0.944 bits per heavy atom. The van der Waals surface area contributed by atoms with Crippen molar-refractivity contribution in [2.24, 2.45) is 0 Å². The number of aromatic nitrogens is 1. The number of thiazole rings is 1. The lowest BCUT2D eigenvalue weighted by Gasteiger charge is -2.18. The maximum absolute atomic E-state index is 13.7. The molecule has 0 aliphatic carbocycles. The van der Waals surface area contributed by atoms with Gasteiger partial charge in [0.05, 0.1) is 5.56 Å². The van der Waals surface area contributed by atoms with Crippen molar-refractivity contribution in [2.75, 3.05) is 19.6 Å². The van der Waals surface area contributed by atoms with Crippen LogP contribution in [-0.4, -0.2) is 35.4 Å². The number of amides is 1. The summed E-state index contributed by atoms with van der Waals surface area (Å²) in [6.07, 6.45) is -9.33. The molecule has 0 radical (unpaired) electrons. The van der Waals surface area contributed by atoms with E-state index >= 15 is 0 Å². The lowest BCUT2D eigenvalue weighted by molar-refractivity contribution is -0.141. The van der Waals surface area contributed by atoms with E-state index in [2.05, 4.69) is 15.2 Å². The van der Waals surface area contributed by atoms with Crippen molar-refractivity contribution in [3.63, 3.8) is 0 Å². The van der Waals surface area contributed by atoms with Gasteiger partial charge in [0, 0.05) is 18.7 Å². The molecule has 1 N–H and O–H groups in total. The second-order valence-corrected chi connectivity index (χ2v) is 9.06. The van der Waals surface area contributed by atoms with Crippen molar-refractivity contribution < 1.29 is 31.1 Å². The highest BCUT2D eigenvalue weighted by Crippen LogP contribution is 2.38. The van der Waals surface area contributed by atoms with Crippen molar-refractivity contribution in [3.05, 3.63) is 75.8 Å². The van der Waals surface area contributed by atoms with Crippen molar-refractivity contribution in [2.45, 2.75) is 39.2 Å². The van der Waals surface area contributed by atoms with Gasteiger partial charge in [-0.1, -0.05) is 50.2 Å². The summed E-state index contributed by atoms with van der Waals surface area (Å²) in [4.78, 5) is 17.9. The summed E-state index contributed by atoms with van der Waals surface area (Å²) in [5, 5.41) is 2.44. The molecule has 3 rings (SSSR count). The van der Waals surface area contributed by atoms with Crippen LogP contribution in [0.2, 0.25) is 0 Å². The van der Waals surface area contributed by atoms with Gasteiger partial charge in [0.25, 0.3) is 5.91 Å². The molecule has 0 spiro atoms. The largest absolute Gasteiger partial charge is 0.435 e. The average Bonchev–Trinajstić information content (AvgIpc) is 3.29. The first-order valence-corrected chi connectivity index (χ1v) is 12.1. The Bertz CT molecular complexity index is 1190. The lowest BCUT2D eigenvalue weighted by atomic mass is 10.1. The quantitative estimate of drug-likeness (QED) is 0.315. The Kier molecular flexibility index (Phi) is 8.78. The predicted octanol–water partition coefficient (Wildman–Crippen LogP) is 6.66. The van der Waals surface area contributed by atoms with Gasteiger partial charge in [-0.2, -0.15) is 26.3 Å². The van der Waals surface area contributed by atoms with E-state index in [-0.39, 0.29) is 18.0 Å². The van der Waals surface area contributed by atoms with Gasteiger partial charge in [0.15, 0.2) is 5.69 Å². The standard InChI is InChI=1S/C25H25F6N3OS/c1-3-34(4-2)15-17-8-5-9-18(13-17)23-33-21(25(29,30)31)20(36-23)22(35)32-12-11-16-7-6-10-19(14-16)24(26,27)28/h5-10,13-14H,3-4,11-12,15H2,1-2H3,(H,32,35). The van der Waals surface area contributed by atoms with Gasteiger partial charge in [0.1, 0.15) is 9.88 Å². The van der Waals surface area contributed by atoms with Gasteiger partial charge in [-0.15, -0.1) is 11.3 Å². The van der Waals surface area contributed by atoms with Crippen LogP contribution >= 0.6 is 11.3 Å². The normalized spacial score (nSPS) is 12.2. The molecular formula is C25H25F6N3OS. The molecule has 0 bridgehead atoms. The Morgan fingerprint density at radius 3 is 2.25 bits per heavy atom. The minimum atomic E-state index is -4.85. The second-order valence-electron chi connectivity index (χ2n) is 8.06. The molecule has 0 atom stereocenters. The number of carbonyl (C=O) groups excluding carboxylic acids is 1. The van der Waals surface area contributed by atoms with Crippen LogP contribution in [0.15, 0.2) is 48.5 Å². The average molecular weight is 530 g/mol. The van der Waals surface area contributed by atoms with Gasteiger partial charge in [-0.25, -0.2) is 4.98 Å². The minimum absolute atomic E-state index is 0.0239. The Balaban J connectivity index is 1.78. The fourth-order valence-electron chi connectivity index (χ4n) is 3.60. The minimum Gasteiger partial charge on any atom is -0.351 e. The highest BCUT2D eigenvalue weighted by Gasteiger charge is 2.39. The topological polar surface area (TPSA) is 45.2 Å². The predicted molar refractivity (Wildman–Crippen MR) is 127 cm³/mol. The molecule has 3 aromatic rings. The van der Waals surface area contributed by atoms with E-state index in [1.165, 1.54) is 12.1 Å². The molecule has 1 aromatic heterocycles.